The van der Waals surface area contributed by atoms with Crippen molar-refractivity contribution < 1.29 is 13.9 Å². The zero-order valence-corrected chi connectivity index (χ0v) is 9.15. The lowest BCUT2D eigenvalue weighted by Gasteiger charge is -2.15. The average Bonchev–Trinajstić information content (AvgIpc) is 2.26. The lowest BCUT2D eigenvalue weighted by molar-refractivity contribution is 0.105. The number of ether oxygens (including phenoxy) is 1. The van der Waals surface area contributed by atoms with Crippen molar-refractivity contribution >= 4 is 6.09 Å². The molecule has 0 aliphatic heterocycles. The van der Waals surface area contributed by atoms with Gasteiger partial charge in [-0.05, 0) is 17.7 Å². The average molecular weight is 226 g/mol. The molecule has 0 bridgehead atoms. The van der Waals surface area contributed by atoms with Crippen LogP contribution in [0.1, 0.15) is 5.56 Å². The fourth-order valence-corrected chi connectivity index (χ4v) is 1.17. The van der Waals surface area contributed by atoms with Gasteiger partial charge < -0.3 is 15.4 Å². The summed E-state index contributed by atoms with van der Waals surface area (Å²) < 4.78 is 17.8. The lowest BCUT2D eigenvalue weighted by Crippen LogP contribution is -2.32. The van der Waals surface area contributed by atoms with Crippen LogP contribution in [0.5, 0.6) is 0 Å². The third-order valence-electron chi connectivity index (χ3n) is 2.03. The number of amides is 1. The molecule has 0 aromatic heterocycles. The van der Waals surface area contributed by atoms with Gasteiger partial charge in [-0.25, -0.2) is 9.18 Å². The van der Waals surface area contributed by atoms with Crippen molar-refractivity contribution in [3.8, 4) is 0 Å². The topological polar surface area (TPSA) is 55.6 Å². The van der Waals surface area contributed by atoms with Crippen LogP contribution in [0, 0.1) is 5.82 Å². The van der Waals surface area contributed by atoms with E-state index in [1.807, 2.05) is 0 Å². The van der Waals surface area contributed by atoms with Crippen molar-refractivity contribution in [1.82, 2.24) is 4.90 Å². The third-order valence-corrected chi connectivity index (χ3v) is 2.03. The number of likely N-dealkylation sites (N-methyl/N-ethyl adjacent to an activating group) is 1. The number of rotatable bonds is 4. The number of nitrogens with two attached hydrogens (primary N) is 1. The van der Waals surface area contributed by atoms with E-state index in [0.29, 0.717) is 18.7 Å². The Bertz CT molecular complexity index is 358. The molecule has 1 rings (SSSR count). The summed E-state index contributed by atoms with van der Waals surface area (Å²) in [6.45, 7) is 0.874. The van der Waals surface area contributed by atoms with Gasteiger partial charge in [0.2, 0.25) is 0 Å². The highest BCUT2D eigenvalue weighted by Gasteiger charge is 2.08. The van der Waals surface area contributed by atoms with Crippen LogP contribution in [0.3, 0.4) is 0 Å². The first-order valence-corrected chi connectivity index (χ1v) is 4.96. The Morgan fingerprint density at radius 3 is 2.94 bits per heavy atom. The first-order valence-electron chi connectivity index (χ1n) is 4.96. The fourth-order valence-electron chi connectivity index (χ4n) is 1.17. The summed E-state index contributed by atoms with van der Waals surface area (Å²) in [7, 11) is 1.60. The predicted octanol–water partition coefficient (Wildman–Crippen LogP) is 1.35. The zero-order chi connectivity index (χ0) is 12.0. The number of hydrogen-bond acceptors (Lipinski definition) is 3. The largest absolute Gasteiger partial charge is 0.445 e. The zero-order valence-electron chi connectivity index (χ0n) is 9.15. The molecule has 88 valence electrons. The highest BCUT2D eigenvalue weighted by molar-refractivity contribution is 5.67. The van der Waals surface area contributed by atoms with Crippen molar-refractivity contribution in [2.24, 2.45) is 5.73 Å². The fraction of sp³-hybridized carbons (Fsp3) is 0.364. The minimum atomic E-state index is -0.463. The van der Waals surface area contributed by atoms with Crippen molar-refractivity contribution in [2.75, 3.05) is 20.1 Å². The smallest absolute Gasteiger partial charge is 0.409 e. The van der Waals surface area contributed by atoms with Gasteiger partial charge in [0.05, 0.1) is 0 Å². The molecule has 0 saturated carbocycles. The van der Waals surface area contributed by atoms with Crippen LogP contribution in [0.25, 0.3) is 0 Å². The monoisotopic (exact) mass is 226 g/mol. The van der Waals surface area contributed by atoms with Crippen molar-refractivity contribution in [3.05, 3.63) is 35.6 Å². The maximum atomic E-state index is 12.8. The van der Waals surface area contributed by atoms with Gasteiger partial charge in [0.1, 0.15) is 12.4 Å². The molecule has 0 saturated heterocycles. The van der Waals surface area contributed by atoms with Gasteiger partial charge in [-0.15, -0.1) is 0 Å². The van der Waals surface area contributed by atoms with E-state index in [9.17, 15) is 9.18 Å². The van der Waals surface area contributed by atoms with E-state index in [4.69, 9.17) is 10.5 Å². The van der Waals surface area contributed by atoms with Crippen LogP contribution in [0.2, 0.25) is 0 Å². The van der Waals surface area contributed by atoms with Gasteiger partial charge in [-0.3, -0.25) is 0 Å². The molecular formula is C11H15FN2O2. The lowest BCUT2D eigenvalue weighted by atomic mass is 10.2. The van der Waals surface area contributed by atoms with Crippen LogP contribution in [0.15, 0.2) is 24.3 Å². The Hall–Kier alpha value is -1.62. The number of carbonyl (C=O) groups excluding carboxylic acids is 1. The maximum absolute atomic E-state index is 12.8. The van der Waals surface area contributed by atoms with E-state index in [1.165, 1.54) is 17.0 Å². The molecule has 2 N–H and O–H groups in total. The molecule has 1 amide bonds. The molecule has 0 unspecified atom stereocenters. The van der Waals surface area contributed by atoms with Crippen LogP contribution < -0.4 is 5.73 Å². The molecule has 4 nitrogen and oxygen atoms in total. The van der Waals surface area contributed by atoms with E-state index in [1.54, 1.807) is 19.2 Å². The van der Waals surface area contributed by atoms with Gasteiger partial charge in [-0.2, -0.15) is 0 Å². The highest BCUT2D eigenvalue weighted by Crippen LogP contribution is 2.05. The number of benzene rings is 1. The molecule has 0 fully saturated rings. The van der Waals surface area contributed by atoms with E-state index in [2.05, 4.69) is 0 Å². The second kappa shape index (κ2) is 6.07. The number of nitrogens with zero attached hydrogens (tertiary/aromatic N) is 1. The predicted molar refractivity (Wildman–Crippen MR) is 58.3 cm³/mol. The summed E-state index contributed by atoms with van der Waals surface area (Å²) >= 11 is 0. The molecule has 16 heavy (non-hydrogen) atoms. The van der Waals surface area contributed by atoms with Gasteiger partial charge in [0.15, 0.2) is 0 Å². The van der Waals surface area contributed by atoms with Crippen LogP contribution in [0.4, 0.5) is 9.18 Å². The SMILES string of the molecule is CN(CCN)C(=O)OCc1cccc(F)c1. The van der Waals surface area contributed by atoms with Crippen LogP contribution in [-0.2, 0) is 11.3 Å². The Balaban J connectivity index is 2.42. The quantitative estimate of drug-likeness (QED) is 0.843. The van der Waals surface area contributed by atoms with Crippen molar-refractivity contribution in [2.45, 2.75) is 6.61 Å². The van der Waals surface area contributed by atoms with Gasteiger partial charge >= 0.3 is 6.09 Å². The summed E-state index contributed by atoms with van der Waals surface area (Å²) in [6, 6.07) is 5.93. The molecule has 1 aromatic carbocycles. The van der Waals surface area contributed by atoms with Crippen molar-refractivity contribution in [1.29, 1.82) is 0 Å². The van der Waals surface area contributed by atoms with Crippen LogP contribution in [-0.4, -0.2) is 31.1 Å². The molecule has 0 heterocycles. The molecule has 5 heteroatoms. The second-order valence-electron chi connectivity index (χ2n) is 3.39. The van der Waals surface area contributed by atoms with E-state index >= 15 is 0 Å². The number of halogens is 1. The molecule has 0 atom stereocenters. The van der Waals surface area contributed by atoms with Crippen LogP contribution >= 0.6 is 0 Å². The Kier molecular flexibility index (Phi) is 4.72. The second-order valence-corrected chi connectivity index (χ2v) is 3.39. The van der Waals surface area contributed by atoms with Gasteiger partial charge in [-0.1, -0.05) is 12.1 Å². The minimum absolute atomic E-state index is 0.0610. The Labute approximate surface area is 93.8 Å². The standard InChI is InChI=1S/C11H15FN2O2/c1-14(6-5-13)11(15)16-8-9-3-2-4-10(12)7-9/h2-4,7H,5-6,8,13H2,1H3. The molecule has 0 aliphatic rings. The molecule has 0 spiro atoms. The van der Waals surface area contributed by atoms with Crippen molar-refractivity contribution in [3.63, 3.8) is 0 Å². The van der Waals surface area contributed by atoms with Gasteiger partial charge in [0, 0.05) is 20.1 Å². The first kappa shape index (κ1) is 12.4. The summed E-state index contributed by atoms with van der Waals surface area (Å²) in [6.07, 6.45) is -0.463. The highest BCUT2D eigenvalue weighted by atomic mass is 19.1. The summed E-state index contributed by atoms with van der Waals surface area (Å²) in [5.41, 5.74) is 5.92. The summed E-state index contributed by atoms with van der Waals surface area (Å²) in [5.74, 6) is -0.344. The van der Waals surface area contributed by atoms with E-state index in [-0.39, 0.29) is 12.4 Å². The Morgan fingerprint density at radius 1 is 1.56 bits per heavy atom. The molecular weight excluding hydrogens is 211 g/mol. The third kappa shape index (κ3) is 3.86. The maximum Gasteiger partial charge on any atom is 0.409 e. The summed E-state index contributed by atoms with van der Waals surface area (Å²) in [5, 5.41) is 0. The summed E-state index contributed by atoms with van der Waals surface area (Å²) in [4.78, 5) is 12.7. The Morgan fingerprint density at radius 2 is 2.31 bits per heavy atom. The number of hydrogen-bond donors (Lipinski definition) is 1. The number of carbonyl (C=O) groups is 1. The minimum Gasteiger partial charge on any atom is -0.445 e. The van der Waals surface area contributed by atoms with E-state index in [0.717, 1.165) is 0 Å². The molecule has 0 aliphatic carbocycles. The first-order chi connectivity index (χ1) is 7.63. The normalized spacial score (nSPS) is 9.94. The molecule has 0 radical (unpaired) electrons. The van der Waals surface area contributed by atoms with E-state index < -0.39 is 6.09 Å². The molecule has 1 aromatic rings. The van der Waals surface area contributed by atoms with Gasteiger partial charge in [0.25, 0.3) is 0 Å².